The summed E-state index contributed by atoms with van der Waals surface area (Å²) in [5.74, 6) is 1.08. The fraction of sp³-hybridized carbons (Fsp3) is 0.750. The molecule has 1 aromatic rings. The van der Waals surface area contributed by atoms with Crippen molar-refractivity contribution in [2.24, 2.45) is 13.0 Å². The van der Waals surface area contributed by atoms with Crippen LogP contribution in [0.3, 0.4) is 0 Å². The molecule has 1 aliphatic heterocycles. The first-order valence-electron chi connectivity index (χ1n) is 8.14. The Kier molecular flexibility index (Phi) is 5.87. The molecule has 2 amide bonds. The Balaban J connectivity index is 1.99. The van der Waals surface area contributed by atoms with E-state index in [2.05, 4.69) is 24.3 Å². The number of carbonyl (C=O) groups is 1. The van der Waals surface area contributed by atoms with E-state index in [0.29, 0.717) is 31.5 Å². The fourth-order valence-corrected chi connectivity index (χ4v) is 2.85. The standard InChI is InChI=1S/C16H28N4O3/c1-11(2)14-10-20(7-6-8-23-14)16(21)17-9-13-12(3)18-19(4)15(13)22-5/h11,14H,6-10H2,1-5H3,(H,17,21)/t14-/m0/s1. The molecule has 7 heteroatoms. The summed E-state index contributed by atoms with van der Waals surface area (Å²) in [7, 11) is 3.44. The van der Waals surface area contributed by atoms with E-state index in [4.69, 9.17) is 9.47 Å². The number of aromatic nitrogens is 2. The Hall–Kier alpha value is -1.76. The van der Waals surface area contributed by atoms with Crippen LogP contribution in [0, 0.1) is 12.8 Å². The van der Waals surface area contributed by atoms with Gasteiger partial charge in [-0.3, -0.25) is 0 Å². The summed E-state index contributed by atoms with van der Waals surface area (Å²) in [6, 6.07) is -0.0635. The maximum Gasteiger partial charge on any atom is 0.317 e. The average Bonchev–Trinajstić information content (AvgIpc) is 2.70. The molecule has 130 valence electrons. The molecule has 1 fully saturated rings. The largest absolute Gasteiger partial charge is 0.481 e. The third kappa shape index (κ3) is 4.16. The minimum atomic E-state index is -0.0635. The molecule has 1 aliphatic rings. The van der Waals surface area contributed by atoms with Gasteiger partial charge in [-0.2, -0.15) is 5.10 Å². The van der Waals surface area contributed by atoms with Gasteiger partial charge in [0.15, 0.2) is 0 Å². The molecular formula is C16H28N4O3. The van der Waals surface area contributed by atoms with Crippen LogP contribution in [0.2, 0.25) is 0 Å². The van der Waals surface area contributed by atoms with Gasteiger partial charge in [0.2, 0.25) is 5.88 Å². The lowest BCUT2D eigenvalue weighted by Crippen LogP contribution is -2.44. The minimum absolute atomic E-state index is 0.0635. The van der Waals surface area contributed by atoms with E-state index in [0.717, 1.165) is 24.2 Å². The van der Waals surface area contributed by atoms with Crippen LogP contribution in [0.1, 0.15) is 31.5 Å². The van der Waals surface area contributed by atoms with E-state index in [1.807, 2.05) is 18.9 Å². The number of nitrogens with one attached hydrogen (secondary N) is 1. The normalized spacial score (nSPS) is 18.9. The minimum Gasteiger partial charge on any atom is -0.481 e. The second kappa shape index (κ2) is 7.68. The van der Waals surface area contributed by atoms with E-state index in [1.54, 1.807) is 11.8 Å². The SMILES string of the molecule is COc1c(CNC(=O)N2CCCO[C@H](C(C)C)C2)c(C)nn1C. The second-order valence-electron chi connectivity index (χ2n) is 6.31. The number of amides is 2. The van der Waals surface area contributed by atoms with Crippen molar-refractivity contribution in [3.8, 4) is 5.88 Å². The van der Waals surface area contributed by atoms with Gasteiger partial charge in [-0.25, -0.2) is 9.48 Å². The van der Waals surface area contributed by atoms with Crippen LogP contribution in [-0.4, -0.2) is 53.6 Å². The van der Waals surface area contributed by atoms with Crippen molar-refractivity contribution in [1.82, 2.24) is 20.0 Å². The molecule has 0 bridgehead atoms. The zero-order chi connectivity index (χ0) is 17.0. The smallest absolute Gasteiger partial charge is 0.317 e. The van der Waals surface area contributed by atoms with Crippen molar-refractivity contribution in [3.05, 3.63) is 11.3 Å². The summed E-state index contributed by atoms with van der Waals surface area (Å²) in [5, 5.41) is 7.31. The molecule has 1 aromatic heterocycles. The monoisotopic (exact) mass is 324 g/mol. The maximum atomic E-state index is 12.5. The zero-order valence-corrected chi connectivity index (χ0v) is 14.8. The first-order chi connectivity index (χ1) is 10.9. The van der Waals surface area contributed by atoms with Crippen molar-refractivity contribution < 1.29 is 14.3 Å². The molecule has 0 unspecified atom stereocenters. The lowest BCUT2D eigenvalue weighted by atomic mass is 10.1. The highest BCUT2D eigenvalue weighted by Gasteiger charge is 2.25. The number of urea groups is 1. The van der Waals surface area contributed by atoms with Crippen molar-refractivity contribution in [1.29, 1.82) is 0 Å². The Morgan fingerprint density at radius 3 is 2.91 bits per heavy atom. The summed E-state index contributed by atoms with van der Waals surface area (Å²) >= 11 is 0. The van der Waals surface area contributed by atoms with Crippen LogP contribution in [0.25, 0.3) is 0 Å². The van der Waals surface area contributed by atoms with Crippen LogP contribution >= 0.6 is 0 Å². The summed E-state index contributed by atoms with van der Waals surface area (Å²) in [6.07, 6.45) is 0.962. The molecule has 0 spiro atoms. The molecular weight excluding hydrogens is 296 g/mol. The number of carbonyl (C=O) groups excluding carboxylic acids is 1. The number of hydrogen-bond acceptors (Lipinski definition) is 4. The Morgan fingerprint density at radius 1 is 1.52 bits per heavy atom. The van der Waals surface area contributed by atoms with E-state index in [-0.39, 0.29) is 12.1 Å². The molecule has 0 aliphatic carbocycles. The quantitative estimate of drug-likeness (QED) is 0.915. The summed E-state index contributed by atoms with van der Waals surface area (Å²) in [4.78, 5) is 14.3. The van der Waals surface area contributed by atoms with Crippen molar-refractivity contribution >= 4 is 6.03 Å². The summed E-state index contributed by atoms with van der Waals surface area (Å²) in [5.41, 5.74) is 1.78. The average molecular weight is 324 g/mol. The van der Waals surface area contributed by atoms with E-state index in [1.165, 1.54) is 0 Å². The molecule has 2 rings (SSSR count). The number of methoxy groups -OCH3 is 1. The maximum absolute atomic E-state index is 12.5. The van der Waals surface area contributed by atoms with Gasteiger partial charge in [0, 0.05) is 26.7 Å². The van der Waals surface area contributed by atoms with Crippen LogP contribution < -0.4 is 10.1 Å². The van der Waals surface area contributed by atoms with E-state index >= 15 is 0 Å². The number of nitrogens with zero attached hydrogens (tertiary/aromatic N) is 3. The van der Waals surface area contributed by atoms with E-state index in [9.17, 15) is 4.79 Å². The highest BCUT2D eigenvalue weighted by Crippen LogP contribution is 2.20. The number of aryl methyl sites for hydroxylation is 2. The highest BCUT2D eigenvalue weighted by molar-refractivity contribution is 5.74. The number of rotatable bonds is 4. The van der Waals surface area contributed by atoms with Gasteiger partial charge >= 0.3 is 6.03 Å². The predicted octanol–water partition coefficient (Wildman–Crippen LogP) is 1.69. The molecule has 23 heavy (non-hydrogen) atoms. The molecule has 1 atom stereocenters. The molecule has 1 N–H and O–H groups in total. The third-order valence-corrected chi connectivity index (χ3v) is 4.23. The van der Waals surface area contributed by atoms with Gasteiger partial charge in [0.1, 0.15) is 0 Å². The van der Waals surface area contributed by atoms with Crippen LogP contribution in [0.4, 0.5) is 4.79 Å². The Morgan fingerprint density at radius 2 is 2.26 bits per heavy atom. The van der Waals surface area contributed by atoms with Crippen LogP contribution in [0.5, 0.6) is 5.88 Å². The van der Waals surface area contributed by atoms with Gasteiger partial charge in [-0.15, -0.1) is 0 Å². The van der Waals surface area contributed by atoms with Crippen molar-refractivity contribution in [3.63, 3.8) is 0 Å². The first-order valence-corrected chi connectivity index (χ1v) is 8.14. The van der Waals surface area contributed by atoms with Crippen molar-refractivity contribution in [2.75, 3.05) is 26.8 Å². The number of hydrogen-bond donors (Lipinski definition) is 1. The molecule has 0 aromatic carbocycles. The molecule has 7 nitrogen and oxygen atoms in total. The Bertz CT molecular complexity index is 542. The topological polar surface area (TPSA) is 68.6 Å². The molecule has 1 saturated heterocycles. The van der Waals surface area contributed by atoms with Gasteiger partial charge in [0.05, 0.1) is 31.0 Å². The lowest BCUT2D eigenvalue weighted by Gasteiger charge is -2.26. The van der Waals surface area contributed by atoms with Gasteiger partial charge in [0.25, 0.3) is 0 Å². The molecule has 0 radical (unpaired) electrons. The fourth-order valence-electron chi connectivity index (χ4n) is 2.85. The Labute approximate surface area is 137 Å². The van der Waals surface area contributed by atoms with Gasteiger partial charge in [-0.1, -0.05) is 13.8 Å². The van der Waals surface area contributed by atoms with Gasteiger partial charge in [-0.05, 0) is 19.3 Å². The second-order valence-corrected chi connectivity index (χ2v) is 6.31. The highest BCUT2D eigenvalue weighted by atomic mass is 16.5. The summed E-state index contributed by atoms with van der Waals surface area (Å²) in [6.45, 7) is 8.63. The lowest BCUT2D eigenvalue weighted by molar-refractivity contribution is 0.0267. The molecule has 0 saturated carbocycles. The van der Waals surface area contributed by atoms with Crippen molar-refractivity contribution in [2.45, 2.75) is 39.8 Å². The van der Waals surface area contributed by atoms with Crippen LogP contribution in [-0.2, 0) is 18.3 Å². The molecule has 2 heterocycles. The van der Waals surface area contributed by atoms with Crippen LogP contribution in [0.15, 0.2) is 0 Å². The number of ether oxygens (including phenoxy) is 2. The van der Waals surface area contributed by atoms with Gasteiger partial charge < -0.3 is 19.7 Å². The zero-order valence-electron chi connectivity index (χ0n) is 14.8. The van der Waals surface area contributed by atoms with E-state index < -0.39 is 0 Å². The first kappa shape index (κ1) is 17.6. The third-order valence-electron chi connectivity index (χ3n) is 4.23. The summed E-state index contributed by atoms with van der Waals surface area (Å²) < 4.78 is 12.9. The predicted molar refractivity (Wildman–Crippen MR) is 87.5 cm³/mol.